The number of likely N-dealkylation sites (N-methyl/N-ethyl adjacent to an activating group) is 1. The Balaban J connectivity index is 0. The van der Waals surface area contributed by atoms with Crippen molar-refractivity contribution in [3.8, 4) is 0 Å². The third-order valence-electron chi connectivity index (χ3n) is 1.10. The second kappa shape index (κ2) is 18.1. The van der Waals surface area contributed by atoms with Crippen molar-refractivity contribution in [2.24, 2.45) is 0 Å². The lowest BCUT2D eigenvalue weighted by molar-refractivity contribution is 0.0555. The van der Waals surface area contributed by atoms with Gasteiger partial charge in [0.05, 0.1) is 26.4 Å². The summed E-state index contributed by atoms with van der Waals surface area (Å²) in [5.74, 6) is 0.774. The fourth-order valence-electron chi connectivity index (χ4n) is 0.561. The molecule has 0 aromatic rings. The molecule has 3 nitrogen and oxygen atoms in total. The first kappa shape index (κ1) is 15.7. The van der Waals surface area contributed by atoms with Crippen molar-refractivity contribution < 1.29 is 9.47 Å². The van der Waals surface area contributed by atoms with E-state index < -0.39 is 0 Å². The van der Waals surface area contributed by atoms with Crippen LogP contribution < -0.4 is 5.32 Å². The summed E-state index contributed by atoms with van der Waals surface area (Å²) in [5.41, 5.74) is 0. The van der Waals surface area contributed by atoms with Crippen LogP contribution in [0.3, 0.4) is 0 Å². The van der Waals surface area contributed by atoms with Crippen molar-refractivity contribution in [2.45, 2.75) is 13.8 Å². The molecule has 13 heavy (non-hydrogen) atoms. The summed E-state index contributed by atoms with van der Waals surface area (Å²) in [6.07, 6.45) is 0. The van der Waals surface area contributed by atoms with E-state index in [0.29, 0.717) is 19.8 Å². The van der Waals surface area contributed by atoms with Gasteiger partial charge in [-0.15, -0.1) is 0 Å². The predicted octanol–water partition coefficient (Wildman–Crippen LogP) is 1.19. The number of ether oxygens (including phenoxy) is 2. The Bertz CT molecular complexity index is 66.6. The van der Waals surface area contributed by atoms with E-state index in [1.54, 1.807) is 0 Å². The van der Waals surface area contributed by atoms with Gasteiger partial charge in [-0.3, -0.25) is 0 Å². The molecule has 0 aromatic carbocycles. The fraction of sp³-hybridized carbons (Fsp3) is 1.00. The van der Waals surface area contributed by atoms with Gasteiger partial charge < -0.3 is 14.8 Å². The molecule has 0 radical (unpaired) electrons. The van der Waals surface area contributed by atoms with Gasteiger partial charge >= 0.3 is 0 Å². The number of hydrogen-bond donors (Lipinski definition) is 2. The van der Waals surface area contributed by atoms with E-state index in [4.69, 9.17) is 9.47 Å². The lowest BCUT2D eigenvalue weighted by atomic mass is 10.7. The Kier molecular flexibility index (Phi) is 21.9. The zero-order valence-corrected chi connectivity index (χ0v) is 9.90. The number of rotatable bonds is 8. The Morgan fingerprint density at radius 1 is 1.00 bits per heavy atom. The van der Waals surface area contributed by atoms with Crippen molar-refractivity contribution in [3.05, 3.63) is 0 Å². The number of hydrogen-bond acceptors (Lipinski definition) is 4. The molecule has 0 unspecified atom stereocenters. The third-order valence-corrected chi connectivity index (χ3v) is 1.29. The lowest BCUT2D eigenvalue weighted by Crippen LogP contribution is -2.16. The maximum Gasteiger partial charge on any atom is 0.0701 e. The molecular weight excluding hydrogens is 186 g/mol. The predicted molar refractivity (Wildman–Crippen MR) is 60.8 cm³/mol. The summed E-state index contributed by atoms with van der Waals surface area (Å²) in [5, 5.41) is 2.99. The van der Waals surface area contributed by atoms with Gasteiger partial charge in [0.2, 0.25) is 0 Å². The van der Waals surface area contributed by atoms with Crippen molar-refractivity contribution in [1.82, 2.24) is 5.32 Å². The summed E-state index contributed by atoms with van der Waals surface area (Å²) in [7, 11) is 1.90. The smallest absolute Gasteiger partial charge is 0.0701 e. The molecule has 0 aliphatic rings. The molecule has 0 heterocycles. The Morgan fingerprint density at radius 2 is 1.54 bits per heavy atom. The molecular formula is C9H23NO2S. The standard InChI is InChI=1S/C7H17NO2S.C2H6/c1-8-2-3-9-4-5-10-6-7-11;1-2/h8,11H,2-7H2,1H3;1-2H3. The highest BCUT2D eigenvalue weighted by Gasteiger charge is 1.87. The van der Waals surface area contributed by atoms with Gasteiger partial charge in [0.15, 0.2) is 0 Å². The summed E-state index contributed by atoms with van der Waals surface area (Å²) in [6, 6.07) is 0. The summed E-state index contributed by atoms with van der Waals surface area (Å²) in [6.45, 7) is 7.70. The van der Waals surface area contributed by atoms with E-state index in [9.17, 15) is 0 Å². The Morgan fingerprint density at radius 3 is 2.00 bits per heavy atom. The Hall–Kier alpha value is 0.230. The highest BCUT2D eigenvalue weighted by Crippen LogP contribution is 1.79. The highest BCUT2D eigenvalue weighted by molar-refractivity contribution is 7.80. The average molecular weight is 209 g/mol. The van der Waals surface area contributed by atoms with E-state index in [-0.39, 0.29) is 0 Å². The van der Waals surface area contributed by atoms with Crippen LogP contribution in [0.5, 0.6) is 0 Å². The quantitative estimate of drug-likeness (QED) is 0.465. The molecule has 0 aliphatic carbocycles. The second-order valence-electron chi connectivity index (χ2n) is 2.05. The normalized spacial score (nSPS) is 9.23. The molecule has 0 aliphatic heterocycles. The zero-order valence-electron chi connectivity index (χ0n) is 9.01. The van der Waals surface area contributed by atoms with Crippen LogP contribution in [0.1, 0.15) is 13.8 Å². The zero-order chi connectivity index (χ0) is 10.4. The van der Waals surface area contributed by atoms with Crippen LogP contribution in [-0.2, 0) is 9.47 Å². The fourth-order valence-corrected chi connectivity index (χ4v) is 0.690. The van der Waals surface area contributed by atoms with E-state index >= 15 is 0 Å². The van der Waals surface area contributed by atoms with Crippen LogP contribution in [0, 0.1) is 0 Å². The molecule has 0 fully saturated rings. The first-order valence-corrected chi connectivity index (χ1v) is 5.46. The minimum absolute atomic E-state index is 0.671. The minimum atomic E-state index is 0.671. The maximum absolute atomic E-state index is 5.21. The van der Waals surface area contributed by atoms with E-state index in [0.717, 1.165) is 18.9 Å². The van der Waals surface area contributed by atoms with Gasteiger partial charge in [-0.25, -0.2) is 0 Å². The van der Waals surface area contributed by atoms with E-state index in [1.807, 2.05) is 20.9 Å². The van der Waals surface area contributed by atoms with Crippen LogP contribution in [0.4, 0.5) is 0 Å². The van der Waals surface area contributed by atoms with Gasteiger partial charge in [-0.1, -0.05) is 13.8 Å². The molecule has 0 rings (SSSR count). The van der Waals surface area contributed by atoms with Gasteiger partial charge in [0.1, 0.15) is 0 Å². The third kappa shape index (κ3) is 18.9. The van der Waals surface area contributed by atoms with Crippen molar-refractivity contribution in [1.29, 1.82) is 0 Å². The largest absolute Gasteiger partial charge is 0.378 e. The second-order valence-corrected chi connectivity index (χ2v) is 2.50. The monoisotopic (exact) mass is 209 g/mol. The average Bonchev–Trinajstić information content (AvgIpc) is 2.20. The van der Waals surface area contributed by atoms with E-state index in [2.05, 4.69) is 17.9 Å². The van der Waals surface area contributed by atoms with E-state index in [1.165, 1.54) is 0 Å². The van der Waals surface area contributed by atoms with Crippen LogP contribution in [0.15, 0.2) is 0 Å². The summed E-state index contributed by atoms with van der Waals surface area (Å²) >= 11 is 4.00. The van der Waals surface area contributed by atoms with Crippen molar-refractivity contribution in [3.63, 3.8) is 0 Å². The molecule has 1 N–H and O–H groups in total. The maximum atomic E-state index is 5.21. The van der Waals surface area contributed by atoms with Gasteiger partial charge in [-0.2, -0.15) is 12.6 Å². The molecule has 0 aromatic heterocycles. The SMILES string of the molecule is CC.CNCCOCCOCCS. The first-order chi connectivity index (χ1) is 6.41. The Labute approximate surface area is 87.6 Å². The van der Waals surface area contributed by atoms with Crippen LogP contribution in [0.25, 0.3) is 0 Å². The van der Waals surface area contributed by atoms with Crippen molar-refractivity contribution in [2.75, 3.05) is 45.8 Å². The van der Waals surface area contributed by atoms with Crippen LogP contribution >= 0.6 is 12.6 Å². The minimum Gasteiger partial charge on any atom is -0.378 e. The molecule has 0 saturated carbocycles. The highest BCUT2D eigenvalue weighted by atomic mass is 32.1. The summed E-state index contributed by atoms with van der Waals surface area (Å²) < 4.78 is 10.3. The van der Waals surface area contributed by atoms with Gasteiger partial charge in [0, 0.05) is 12.3 Å². The van der Waals surface area contributed by atoms with Gasteiger partial charge in [0.25, 0.3) is 0 Å². The van der Waals surface area contributed by atoms with Crippen LogP contribution in [-0.4, -0.2) is 45.8 Å². The molecule has 82 valence electrons. The van der Waals surface area contributed by atoms with Crippen molar-refractivity contribution >= 4 is 12.6 Å². The lowest BCUT2D eigenvalue weighted by Gasteiger charge is -2.03. The molecule has 0 atom stereocenters. The molecule has 0 amide bonds. The molecule has 0 spiro atoms. The number of nitrogens with one attached hydrogen (secondary N) is 1. The number of thiol groups is 1. The topological polar surface area (TPSA) is 30.5 Å². The molecule has 0 saturated heterocycles. The van der Waals surface area contributed by atoms with Crippen LogP contribution in [0.2, 0.25) is 0 Å². The van der Waals surface area contributed by atoms with Gasteiger partial charge in [-0.05, 0) is 7.05 Å². The summed E-state index contributed by atoms with van der Waals surface area (Å²) in [4.78, 5) is 0. The molecule has 4 heteroatoms. The first-order valence-electron chi connectivity index (χ1n) is 4.82. The molecule has 0 bridgehead atoms.